The van der Waals surface area contributed by atoms with Gasteiger partial charge >= 0.3 is 0 Å². The number of hydrogen-bond acceptors (Lipinski definition) is 4. The number of hydrogen-bond donors (Lipinski definition) is 1. The highest BCUT2D eigenvalue weighted by Crippen LogP contribution is 2.11. The summed E-state index contributed by atoms with van der Waals surface area (Å²) in [4.78, 5) is 26.7. The fourth-order valence-corrected chi connectivity index (χ4v) is 1.24. The molecule has 0 aliphatic carbocycles. The van der Waals surface area contributed by atoms with Crippen molar-refractivity contribution in [3.8, 4) is 6.07 Å². The number of nitrogens with zero attached hydrogens (tertiary/aromatic N) is 2. The smallest absolute Gasteiger partial charge is 0.250 e. The molecular formula is C11H10ClN3O2. The van der Waals surface area contributed by atoms with E-state index >= 15 is 0 Å². The molecule has 1 amide bonds. The van der Waals surface area contributed by atoms with Gasteiger partial charge in [-0.05, 0) is 12.1 Å². The Morgan fingerprint density at radius 2 is 2.29 bits per heavy atom. The molecule has 0 aliphatic rings. The first-order chi connectivity index (χ1) is 8.08. The summed E-state index contributed by atoms with van der Waals surface area (Å²) in [6.45, 7) is 1.60. The van der Waals surface area contributed by atoms with Gasteiger partial charge in [0.05, 0.1) is 11.1 Å². The van der Waals surface area contributed by atoms with E-state index in [2.05, 4.69) is 10.3 Å². The first-order valence-corrected chi connectivity index (χ1v) is 5.31. The van der Waals surface area contributed by atoms with Crippen LogP contribution in [0.1, 0.15) is 13.3 Å². The Balaban J connectivity index is 2.75. The van der Waals surface area contributed by atoms with Crippen LogP contribution in [-0.4, -0.2) is 16.7 Å². The van der Waals surface area contributed by atoms with Crippen molar-refractivity contribution in [1.82, 2.24) is 4.98 Å². The van der Waals surface area contributed by atoms with Gasteiger partial charge in [-0.1, -0.05) is 18.5 Å². The lowest BCUT2D eigenvalue weighted by atomic mass is 10.0. The van der Waals surface area contributed by atoms with Crippen LogP contribution in [0.2, 0.25) is 5.02 Å². The Hall–Kier alpha value is -1.93. The van der Waals surface area contributed by atoms with Crippen LogP contribution < -0.4 is 5.32 Å². The van der Waals surface area contributed by atoms with Gasteiger partial charge in [0.1, 0.15) is 5.82 Å². The fourth-order valence-electron chi connectivity index (χ4n) is 1.13. The number of nitriles is 1. The predicted molar refractivity (Wildman–Crippen MR) is 62.3 cm³/mol. The van der Waals surface area contributed by atoms with Gasteiger partial charge in [-0.3, -0.25) is 9.59 Å². The highest BCUT2D eigenvalue weighted by atomic mass is 35.5. The normalized spacial score (nSPS) is 11.4. The molecule has 0 aliphatic heterocycles. The van der Waals surface area contributed by atoms with Crippen molar-refractivity contribution in [2.24, 2.45) is 5.92 Å². The lowest BCUT2D eigenvalue weighted by Crippen LogP contribution is -2.28. The molecule has 6 heteroatoms. The number of nitrogens with one attached hydrogen (secondary N) is 1. The maximum atomic E-state index is 11.6. The average Bonchev–Trinajstić information content (AvgIpc) is 2.32. The summed E-state index contributed by atoms with van der Waals surface area (Å²) in [5.74, 6) is -2.13. The van der Waals surface area contributed by atoms with Crippen molar-refractivity contribution in [1.29, 1.82) is 5.26 Å². The lowest BCUT2D eigenvalue weighted by molar-refractivity contribution is -0.128. The fraction of sp³-hybridized carbons (Fsp3) is 0.273. The summed E-state index contributed by atoms with van der Waals surface area (Å²) < 4.78 is 0. The van der Waals surface area contributed by atoms with Crippen molar-refractivity contribution in [3.05, 3.63) is 23.4 Å². The number of anilines is 1. The quantitative estimate of drug-likeness (QED) is 0.827. The third kappa shape index (κ3) is 3.54. The second kappa shape index (κ2) is 5.97. The Kier molecular flexibility index (Phi) is 4.61. The molecule has 1 rings (SSSR count). The van der Waals surface area contributed by atoms with Gasteiger partial charge < -0.3 is 5.32 Å². The molecule has 0 spiro atoms. The van der Waals surface area contributed by atoms with Crippen LogP contribution in [0, 0.1) is 17.2 Å². The van der Waals surface area contributed by atoms with E-state index in [9.17, 15) is 9.59 Å². The minimum atomic E-state index is -1.29. The number of pyridine rings is 1. The molecule has 1 unspecified atom stereocenters. The molecule has 1 heterocycles. The number of Topliss-reactive ketones (excluding diaryl/α,β-unsaturated/α-hetero) is 1. The highest BCUT2D eigenvalue weighted by Gasteiger charge is 2.24. The molecule has 1 aromatic heterocycles. The van der Waals surface area contributed by atoms with Crippen LogP contribution >= 0.6 is 11.6 Å². The van der Waals surface area contributed by atoms with Gasteiger partial charge in [0.2, 0.25) is 0 Å². The monoisotopic (exact) mass is 251 g/mol. The standard InChI is InChI=1S/C11H10ClN3O2/c1-2-9(16)8(5-13)11(17)15-10-4-3-7(12)6-14-10/h3-4,6,8H,2H2,1H3,(H,14,15,17). The van der Waals surface area contributed by atoms with Gasteiger partial charge in [-0.25, -0.2) is 4.98 Å². The second-order valence-corrected chi connectivity index (χ2v) is 3.67. The van der Waals surface area contributed by atoms with Crippen LogP contribution in [0.15, 0.2) is 18.3 Å². The zero-order valence-electron chi connectivity index (χ0n) is 9.11. The van der Waals surface area contributed by atoms with E-state index in [0.29, 0.717) is 5.02 Å². The van der Waals surface area contributed by atoms with Crippen molar-refractivity contribution >= 4 is 29.1 Å². The molecule has 5 nitrogen and oxygen atoms in total. The van der Waals surface area contributed by atoms with Gasteiger partial charge in [0, 0.05) is 12.6 Å². The van der Waals surface area contributed by atoms with Crippen LogP contribution in [0.5, 0.6) is 0 Å². The molecule has 1 atom stereocenters. The van der Waals surface area contributed by atoms with Crippen molar-refractivity contribution in [3.63, 3.8) is 0 Å². The first-order valence-electron chi connectivity index (χ1n) is 4.93. The molecule has 0 bridgehead atoms. The Bertz CT molecular complexity index is 465. The maximum Gasteiger partial charge on any atom is 0.250 e. The van der Waals surface area contributed by atoms with Gasteiger partial charge in [-0.15, -0.1) is 0 Å². The Morgan fingerprint density at radius 1 is 1.59 bits per heavy atom. The van der Waals surface area contributed by atoms with Crippen molar-refractivity contribution < 1.29 is 9.59 Å². The molecule has 0 saturated carbocycles. The Labute approximate surface area is 103 Å². The summed E-state index contributed by atoms with van der Waals surface area (Å²) in [6.07, 6.45) is 1.50. The van der Waals surface area contributed by atoms with E-state index in [-0.39, 0.29) is 12.2 Å². The van der Waals surface area contributed by atoms with Gasteiger partial charge in [0.25, 0.3) is 5.91 Å². The zero-order chi connectivity index (χ0) is 12.8. The molecular weight excluding hydrogens is 242 g/mol. The number of carbonyl (C=O) groups is 2. The molecule has 0 fully saturated rings. The van der Waals surface area contributed by atoms with Crippen molar-refractivity contribution in [2.75, 3.05) is 5.32 Å². The lowest BCUT2D eigenvalue weighted by Gasteiger charge is -2.07. The summed E-state index contributed by atoms with van der Waals surface area (Å²) in [5, 5.41) is 11.6. The average molecular weight is 252 g/mol. The number of aromatic nitrogens is 1. The summed E-state index contributed by atoms with van der Waals surface area (Å²) >= 11 is 5.63. The topological polar surface area (TPSA) is 82.8 Å². The van der Waals surface area contributed by atoms with E-state index in [1.54, 1.807) is 19.1 Å². The Morgan fingerprint density at radius 3 is 2.76 bits per heavy atom. The van der Waals surface area contributed by atoms with Crippen LogP contribution in [-0.2, 0) is 9.59 Å². The minimum absolute atomic E-state index is 0.139. The molecule has 1 N–H and O–H groups in total. The summed E-state index contributed by atoms with van der Waals surface area (Å²) in [5.41, 5.74) is 0. The third-order valence-corrected chi connectivity index (χ3v) is 2.26. The number of amides is 1. The third-order valence-electron chi connectivity index (χ3n) is 2.04. The largest absolute Gasteiger partial charge is 0.309 e. The zero-order valence-corrected chi connectivity index (χ0v) is 9.86. The van der Waals surface area contributed by atoms with Gasteiger partial charge in [0.15, 0.2) is 11.7 Å². The van der Waals surface area contributed by atoms with E-state index < -0.39 is 17.6 Å². The summed E-state index contributed by atoms with van der Waals surface area (Å²) in [7, 11) is 0. The molecule has 0 saturated heterocycles. The van der Waals surface area contributed by atoms with Crippen LogP contribution in [0.25, 0.3) is 0 Å². The van der Waals surface area contributed by atoms with Gasteiger partial charge in [-0.2, -0.15) is 5.26 Å². The van der Waals surface area contributed by atoms with E-state index in [0.717, 1.165) is 0 Å². The van der Waals surface area contributed by atoms with Crippen LogP contribution in [0.3, 0.4) is 0 Å². The molecule has 0 radical (unpaired) electrons. The number of carbonyl (C=O) groups excluding carboxylic acids is 2. The molecule has 88 valence electrons. The first kappa shape index (κ1) is 13.1. The highest BCUT2D eigenvalue weighted by molar-refractivity contribution is 6.30. The predicted octanol–water partition coefficient (Wildman–Crippen LogP) is 1.79. The minimum Gasteiger partial charge on any atom is -0.309 e. The van der Waals surface area contributed by atoms with Crippen LogP contribution in [0.4, 0.5) is 5.82 Å². The molecule has 17 heavy (non-hydrogen) atoms. The number of rotatable bonds is 4. The molecule has 0 aromatic carbocycles. The number of halogens is 1. The number of ketones is 1. The SMILES string of the molecule is CCC(=O)C(C#N)C(=O)Nc1ccc(Cl)cn1. The molecule has 1 aromatic rings. The van der Waals surface area contributed by atoms with E-state index in [1.165, 1.54) is 12.3 Å². The second-order valence-electron chi connectivity index (χ2n) is 3.23. The van der Waals surface area contributed by atoms with E-state index in [1.807, 2.05) is 0 Å². The van der Waals surface area contributed by atoms with Crippen molar-refractivity contribution in [2.45, 2.75) is 13.3 Å². The van der Waals surface area contributed by atoms with E-state index in [4.69, 9.17) is 16.9 Å². The summed E-state index contributed by atoms with van der Waals surface area (Å²) in [6, 6.07) is 4.71. The maximum absolute atomic E-state index is 11.6.